The van der Waals surface area contributed by atoms with Gasteiger partial charge in [-0.15, -0.1) is 0 Å². The van der Waals surface area contributed by atoms with Gasteiger partial charge in [-0.05, 0) is 71.3 Å². The van der Waals surface area contributed by atoms with E-state index in [0.717, 1.165) is 60.9 Å². The number of hydrogen-bond donors (Lipinski definition) is 0. The second kappa shape index (κ2) is 10.5. The zero-order valence-corrected chi connectivity index (χ0v) is 22.9. The van der Waals surface area contributed by atoms with Crippen molar-refractivity contribution in [3.8, 4) is 57.3 Å². The van der Waals surface area contributed by atoms with Gasteiger partial charge in [0.25, 0.3) is 0 Å². The molecule has 0 aliphatic carbocycles. The van der Waals surface area contributed by atoms with Crippen LogP contribution in [0.15, 0.2) is 128 Å². The number of para-hydroxylation sites is 2. The molecule has 0 saturated heterocycles. The van der Waals surface area contributed by atoms with Crippen molar-refractivity contribution >= 4 is 21.8 Å². The summed E-state index contributed by atoms with van der Waals surface area (Å²) >= 11 is 0. The van der Waals surface area contributed by atoms with Gasteiger partial charge in [-0.2, -0.15) is 15.8 Å². The SMILES string of the molecule is N#Cc1ccc(-c2cccc3c4cccc(-c5ccc(C#N)cc5)c4n(-c4ccc(C#N)c(-c5ccncc5)c4)c23)cc1. The average Bonchev–Trinajstić information content (AvgIpc) is 3.43. The monoisotopic (exact) mass is 547 g/mol. The van der Waals surface area contributed by atoms with Crippen molar-refractivity contribution in [2.24, 2.45) is 0 Å². The maximum absolute atomic E-state index is 10.00. The molecular weight excluding hydrogens is 526 g/mol. The van der Waals surface area contributed by atoms with Crippen LogP contribution in [0.4, 0.5) is 0 Å². The van der Waals surface area contributed by atoms with Gasteiger partial charge in [0, 0.05) is 45.5 Å². The van der Waals surface area contributed by atoms with Gasteiger partial charge < -0.3 is 4.57 Å². The van der Waals surface area contributed by atoms with E-state index < -0.39 is 0 Å². The van der Waals surface area contributed by atoms with Gasteiger partial charge in [-0.1, -0.05) is 60.7 Å². The standard InChI is InChI=1S/C38H21N5/c39-22-25-7-11-27(12-8-25)32-3-1-5-34-35-6-2-4-33(28-13-9-26(23-40)10-14-28)38(35)43(37(32)34)31-16-15-30(24-41)36(21-31)29-17-19-42-20-18-29/h1-21H. The van der Waals surface area contributed by atoms with Crippen LogP contribution in [0, 0.1) is 34.0 Å². The van der Waals surface area contributed by atoms with Gasteiger partial charge >= 0.3 is 0 Å². The van der Waals surface area contributed by atoms with Crippen LogP contribution in [-0.2, 0) is 0 Å². The maximum atomic E-state index is 10.00. The van der Waals surface area contributed by atoms with Crippen molar-refractivity contribution in [2.75, 3.05) is 0 Å². The van der Waals surface area contributed by atoms with Crippen LogP contribution < -0.4 is 0 Å². The highest BCUT2D eigenvalue weighted by Crippen LogP contribution is 2.42. The highest BCUT2D eigenvalue weighted by atomic mass is 15.0. The lowest BCUT2D eigenvalue weighted by Crippen LogP contribution is -1.99. The van der Waals surface area contributed by atoms with Gasteiger partial charge in [0.15, 0.2) is 0 Å². The minimum absolute atomic E-state index is 0.579. The van der Waals surface area contributed by atoms with E-state index >= 15 is 0 Å². The fraction of sp³-hybridized carbons (Fsp3) is 0. The van der Waals surface area contributed by atoms with Crippen molar-refractivity contribution in [3.63, 3.8) is 0 Å². The van der Waals surface area contributed by atoms with Crippen LogP contribution >= 0.6 is 0 Å². The first-order chi connectivity index (χ1) is 21.2. The summed E-state index contributed by atoms with van der Waals surface area (Å²) in [7, 11) is 0. The lowest BCUT2D eigenvalue weighted by atomic mass is 9.99. The van der Waals surface area contributed by atoms with E-state index in [2.05, 4.69) is 70.2 Å². The Balaban J connectivity index is 1.62. The molecule has 0 fully saturated rings. The van der Waals surface area contributed by atoms with E-state index in [0.29, 0.717) is 16.7 Å². The third-order valence-corrected chi connectivity index (χ3v) is 7.83. The molecule has 0 amide bonds. The summed E-state index contributed by atoms with van der Waals surface area (Å²) in [6, 6.07) is 44.4. The number of benzene rings is 5. The molecule has 0 radical (unpaired) electrons. The molecule has 0 aliphatic rings. The molecule has 0 N–H and O–H groups in total. The molecule has 0 spiro atoms. The molecule has 198 valence electrons. The summed E-state index contributed by atoms with van der Waals surface area (Å²) in [5, 5.41) is 31.0. The third kappa shape index (κ3) is 4.28. The van der Waals surface area contributed by atoms with Crippen molar-refractivity contribution in [3.05, 3.63) is 144 Å². The minimum atomic E-state index is 0.579. The second-order valence-electron chi connectivity index (χ2n) is 10.2. The summed E-state index contributed by atoms with van der Waals surface area (Å²) in [5.41, 5.74) is 10.5. The fourth-order valence-electron chi connectivity index (χ4n) is 5.83. The van der Waals surface area contributed by atoms with Crippen LogP contribution in [0.1, 0.15) is 16.7 Å². The number of hydrogen-bond acceptors (Lipinski definition) is 4. The highest BCUT2D eigenvalue weighted by Gasteiger charge is 2.20. The number of pyridine rings is 1. The van der Waals surface area contributed by atoms with Crippen LogP contribution in [-0.4, -0.2) is 9.55 Å². The van der Waals surface area contributed by atoms with Crippen molar-refractivity contribution < 1.29 is 0 Å². The molecule has 0 saturated carbocycles. The van der Waals surface area contributed by atoms with E-state index in [4.69, 9.17) is 0 Å². The quantitative estimate of drug-likeness (QED) is 0.220. The largest absolute Gasteiger partial charge is 0.308 e. The summed E-state index contributed by atoms with van der Waals surface area (Å²) in [6.07, 6.45) is 3.46. The molecule has 0 aliphatic heterocycles. The van der Waals surface area contributed by atoms with Gasteiger partial charge in [-0.25, -0.2) is 0 Å². The van der Waals surface area contributed by atoms with E-state index in [-0.39, 0.29) is 0 Å². The minimum Gasteiger partial charge on any atom is -0.308 e. The zero-order chi connectivity index (χ0) is 29.3. The van der Waals surface area contributed by atoms with Crippen molar-refractivity contribution in [1.82, 2.24) is 9.55 Å². The van der Waals surface area contributed by atoms with Gasteiger partial charge in [0.1, 0.15) is 0 Å². The van der Waals surface area contributed by atoms with E-state index in [1.165, 1.54) is 0 Å². The predicted molar refractivity (Wildman–Crippen MR) is 169 cm³/mol. The molecule has 7 aromatic rings. The van der Waals surface area contributed by atoms with Crippen LogP contribution in [0.25, 0.3) is 60.9 Å². The van der Waals surface area contributed by atoms with E-state index in [1.54, 1.807) is 12.4 Å². The Hall–Kier alpha value is -6.48. The molecule has 5 aromatic carbocycles. The molecule has 2 aromatic heterocycles. The van der Waals surface area contributed by atoms with Crippen molar-refractivity contribution in [2.45, 2.75) is 0 Å². The summed E-state index contributed by atoms with van der Waals surface area (Å²) < 4.78 is 2.28. The molecule has 0 unspecified atom stereocenters. The van der Waals surface area contributed by atoms with E-state index in [1.807, 2.05) is 72.8 Å². The normalized spacial score (nSPS) is 10.7. The van der Waals surface area contributed by atoms with Gasteiger partial charge in [0.2, 0.25) is 0 Å². The Bertz CT molecular complexity index is 2180. The number of nitrogens with zero attached hydrogens (tertiary/aromatic N) is 5. The number of rotatable bonds is 4. The molecule has 7 rings (SSSR count). The average molecular weight is 548 g/mol. The first-order valence-electron chi connectivity index (χ1n) is 13.7. The smallest absolute Gasteiger partial charge is 0.0998 e. The zero-order valence-electron chi connectivity index (χ0n) is 22.9. The Morgan fingerprint density at radius 2 is 1.00 bits per heavy atom. The Kier molecular flexibility index (Phi) is 6.22. The molecular formula is C38H21N5. The summed E-state index contributed by atoms with van der Waals surface area (Å²) in [6.45, 7) is 0. The Morgan fingerprint density at radius 1 is 0.488 bits per heavy atom. The topological polar surface area (TPSA) is 89.2 Å². The van der Waals surface area contributed by atoms with Gasteiger partial charge in [-0.3, -0.25) is 4.98 Å². The number of nitriles is 3. The molecule has 43 heavy (non-hydrogen) atoms. The molecule has 5 nitrogen and oxygen atoms in total. The number of aromatic nitrogens is 2. The Labute approximate surface area is 248 Å². The first-order valence-corrected chi connectivity index (χ1v) is 13.7. The Morgan fingerprint density at radius 3 is 1.49 bits per heavy atom. The maximum Gasteiger partial charge on any atom is 0.0998 e. The van der Waals surface area contributed by atoms with Gasteiger partial charge in [0.05, 0.1) is 45.9 Å². The predicted octanol–water partition coefficient (Wildman–Crippen LogP) is 8.79. The second-order valence-corrected chi connectivity index (χ2v) is 10.2. The van der Waals surface area contributed by atoms with Crippen LogP contribution in [0.2, 0.25) is 0 Å². The fourth-order valence-corrected chi connectivity index (χ4v) is 5.83. The molecule has 0 bridgehead atoms. The van der Waals surface area contributed by atoms with Crippen LogP contribution in [0.3, 0.4) is 0 Å². The van der Waals surface area contributed by atoms with Crippen LogP contribution in [0.5, 0.6) is 0 Å². The summed E-state index contributed by atoms with van der Waals surface area (Å²) in [4.78, 5) is 4.17. The first kappa shape index (κ1) is 25.5. The van der Waals surface area contributed by atoms with E-state index in [9.17, 15) is 15.8 Å². The number of fused-ring (bicyclic) bond motifs is 3. The van der Waals surface area contributed by atoms with Crippen molar-refractivity contribution in [1.29, 1.82) is 15.8 Å². The lowest BCUT2D eigenvalue weighted by molar-refractivity contribution is 1.18. The molecule has 2 heterocycles. The third-order valence-electron chi connectivity index (χ3n) is 7.83. The summed E-state index contributed by atoms with van der Waals surface area (Å²) in [5.74, 6) is 0. The molecule has 0 atom stereocenters. The lowest BCUT2D eigenvalue weighted by Gasteiger charge is -2.16. The molecule has 5 heteroatoms. The highest BCUT2D eigenvalue weighted by molar-refractivity contribution is 6.17.